The van der Waals surface area contributed by atoms with E-state index in [0.29, 0.717) is 17.1 Å². The number of aromatic nitrogens is 3. The Bertz CT molecular complexity index is 836. The minimum absolute atomic E-state index is 0.184. The van der Waals surface area contributed by atoms with E-state index >= 15 is 0 Å². The van der Waals surface area contributed by atoms with Crippen molar-refractivity contribution >= 4 is 28.8 Å². The fraction of sp³-hybridized carbons (Fsp3) is 0.0625. The lowest BCUT2D eigenvalue weighted by Gasteiger charge is -2.07. The molecule has 0 saturated carbocycles. The van der Waals surface area contributed by atoms with Crippen LogP contribution in [0.2, 0.25) is 0 Å². The van der Waals surface area contributed by atoms with Crippen molar-refractivity contribution in [1.29, 1.82) is 0 Å². The molecule has 0 saturated heterocycles. The second kappa shape index (κ2) is 7.42. The van der Waals surface area contributed by atoms with Crippen molar-refractivity contribution in [2.24, 2.45) is 0 Å². The Morgan fingerprint density at radius 1 is 1.04 bits per heavy atom. The first-order valence-corrected chi connectivity index (χ1v) is 7.95. The molecule has 0 aromatic carbocycles. The van der Waals surface area contributed by atoms with E-state index in [9.17, 15) is 9.59 Å². The van der Waals surface area contributed by atoms with Crippen LogP contribution in [0.1, 0.15) is 25.9 Å². The van der Waals surface area contributed by atoms with Crippen LogP contribution in [0.5, 0.6) is 0 Å². The molecular weight excluding hydrogens is 326 g/mol. The highest BCUT2D eigenvalue weighted by Gasteiger charge is 2.16. The molecule has 3 heterocycles. The van der Waals surface area contributed by atoms with E-state index in [2.05, 4.69) is 25.6 Å². The Hall–Kier alpha value is -3.13. The van der Waals surface area contributed by atoms with Crippen molar-refractivity contribution in [3.05, 3.63) is 70.7 Å². The third-order valence-corrected chi connectivity index (χ3v) is 3.98. The molecule has 0 radical (unpaired) electrons. The number of hydrogen-bond donors (Lipinski definition) is 2. The Balaban J connectivity index is 1.66. The molecule has 3 aromatic heterocycles. The smallest absolute Gasteiger partial charge is 0.275 e. The third-order valence-electron chi connectivity index (χ3n) is 3.07. The van der Waals surface area contributed by atoms with Crippen LogP contribution in [-0.4, -0.2) is 26.8 Å². The summed E-state index contributed by atoms with van der Waals surface area (Å²) in [5.41, 5.74) is 1.38. The molecule has 120 valence electrons. The number of thiophene rings is 1. The van der Waals surface area contributed by atoms with Gasteiger partial charge in [0.15, 0.2) is 0 Å². The lowest BCUT2D eigenvalue weighted by molar-refractivity contribution is 0.0955. The molecule has 7 nitrogen and oxygen atoms in total. The summed E-state index contributed by atoms with van der Waals surface area (Å²) in [7, 11) is 0. The molecule has 0 atom stereocenters. The lowest BCUT2D eigenvalue weighted by atomic mass is 10.3. The third kappa shape index (κ3) is 3.79. The summed E-state index contributed by atoms with van der Waals surface area (Å²) < 4.78 is 0. The second-order valence-corrected chi connectivity index (χ2v) is 5.63. The Morgan fingerprint density at radius 2 is 1.96 bits per heavy atom. The van der Waals surface area contributed by atoms with Crippen LogP contribution in [0.25, 0.3) is 0 Å². The van der Waals surface area contributed by atoms with E-state index in [0.717, 1.165) is 5.69 Å². The Morgan fingerprint density at radius 3 is 2.71 bits per heavy atom. The van der Waals surface area contributed by atoms with E-state index in [1.165, 1.54) is 29.9 Å². The second-order valence-electron chi connectivity index (χ2n) is 4.71. The number of nitrogens with one attached hydrogen (secondary N) is 2. The van der Waals surface area contributed by atoms with E-state index in [1.54, 1.807) is 17.6 Å². The van der Waals surface area contributed by atoms with Gasteiger partial charge in [0.2, 0.25) is 0 Å². The molecule has 8 heteroatoms. The van der Waals surface area contributed by atoms with Crippen LogP contribution in [-0.2, 0) is 6.54 Å². The standard InChI is InChI=1S/C16H13N5O2S/c22-15(13-10-17-6-7-19-13)21-12-4-8-24-14(12)16(23)20-9-11-3-1-2-5-18-11/h1-8,10H,9H2,(H,20,23)(H,21,22). The van der Waals surface area contributed by atoms with E-state index < -0.39 is 5.91 Å². The first-order valence-electron chi connectivity index (χ1n) is 7.07. The van der Waals surface area contributed by atoms with Crippen LogP contribution in [0.15, 0.2) is 54.4 Å². The first-order chi connectivity index (χ1) is 11.7. The van der Waals surface area contributed by atoms with E-state index in [-0.39, 0.29) is 11.6 Å². The number of carbonyl (C=O) groups excluding carboxylic acids is 2. The summed E-state index contributed by atoms with van der Waals surface area (Å²) in [6, 6.07) is 7.16. The summed E-state index contributed by atoms with van der Waals surface area (Å²) in [5.74, 6) is -0.689. The quantitative estimate of drug-likeness (QED) is 0.742. The molecule has 0 aliphatic rings. The zero-order valence-electron chi connectivity index (χ0n) is 12.5. The maximum atomic E-state index is 12.3. The fourth-order valence-corrected chi connectivity index (χ4v) is 2.71. The molecule has 0 bridgehead atoms. The molecule has 0 aliphatic heterocycles. The maximum absolute atomic E-state index is 12.3. The molecule has 24 heavy (non-hydrogen) atoms. The first kappa shape index (κ1) is 15.8. The van der Waals surface area contributed by atoms with Crippen LogP contribution >= 0.6 is 11.3 Å². The van der Waals surface area contributed by atoms with Gasteiger partial charge in [-0.05, 0) is 23.6 Å². The van der Waals surface area contributed by atoms with Gasteiger partial charge in [0.1, 0.15) is 10.6 Å². The maximum Gasteiger partial charge on any atom is 0.275 e. The normalized spacial score (nSPS) is 10.2. The van der Waals surface area contributed by atoms with Gasteiger partial charge in [-0.2, -0.15) is 0 Å². The summed E-state index contributed by atoms with van der Waals surface area (Å²) >= 11 is 1.25. The summed E-state index contributed by atoms with van der Waals surface area (Å²) in [6.45, 7) is 0.315. The fourth-order valence-electron chi connectivity index (χ4n) is 1.94. The Labute approximate surface area is 141 Å². The van der Waals surface area contributed by atoms with Gasteiger partial charge in [0.05, 0.1) is 24.1 Å². The highest BCUT2D eigenvalue weighted by Crippen LogP contribution is 2.22. The van der Waals surface area contributed by atoms with Gasteiger partial charge < -0.3 is 10.6 Å². The molecular formula is C16H13N5O2S. The molecule has 2 amide bonds. The highest BCUT2D eigenvalue weighted by atomic mass is 32.1. The van der Waals surface area contributed by atoms with Gasteiger partial charge in [0.25, 0.3) is 11.8 Å². The summed E-state index contributed by atoms with van der Waals surface area (Å²) in [4.78, 5) is 36.8. The van der Waals surface area contributed by atoms with Crippen molar-refractivity contribution in [3.8, 4) is 0 Å². The van der Waals surface area contributed by atoms with Crippen LogP contribution in [0.3, 0.4) is 0 Å². The van der Waals surface area contributed by atoms with Crippen LogP contribution < -0.4 is 10.6 Å². The number of nitrogens with zero attached hydrogens (tertiary/aromatic N) is 3. The molecule has 2 N–H and O–H groups in total. The van der Waals surface area contributed by atoms with Crippen molar-refractivity contribution in [1.82, 2.24) is 20.3 Å². The van der Waals surface area contributed by atoms with Gasteiger partial charge >= 0.3 is 0 Å². The summed E-state index contributed by atoms with van der Waals surface area (Å²) in [6.07, 6.45) is 5.95. The number of rotatable bonds is 5. The number of anilines is 1. The van der Waals surface area contributed by atoms with Gasteiger partial charge in [-0.15, -0.1) is 11.3 Å². The van der Waals surface area contributed by atoms with Crippen LogP contribution in [0, 0.1) is 0 Å². The molecule has 0 aliphatic carbocycles. The van der Waals surface area contributed by atoms with Crippen LogP contribution in [0.4, 0.5) is 5.69 Å². The van der Waals surface area contributed by atoms with E-state index in [4.69, 9.17) is 0 Å². The van der Waals surface area contributed by atoms with Gasteiger partial charge in [-0.25, -0.2) is 4.98 Å². The topological polar surface area (TPSA) is 96.9 Å². The predicted octanol–water partition coefficient (Wildman–Crippen LogP) is 2.12. The molecule has 0 fully saturated rings. The molecule has 0 unspecified atom stereocenters. The number of pyridine rings is 1. The SMILES string of the molecule is O=C(Nc1ccsc1C(=O)NCc1ccccn1)c1cnccn1. The number of carbonyl (C=O) groups is 2. The van der Waals surface area contributed by atoms with Gasteiger partial charge in [0, 0.05) is 18.6 Å². The minimum Gasteiger partial charge on any atom is -0.346 e. The average Bonchev–Trinajstić information content (AvgIpc) is 3.09. The number of amides is 2. The average molecular weight is 339 g/mol. The molecule has 3 aromatic rings. The Kier molecular flexibility index (Phi) is 4.87. The zero-order chi connectivity index (χ0) is 16.8. The monoisotopic (exact) mass is 339 g/mol. The van der Waals surface area contributed by atoms with Gasteiger partial charge in [-0.3, -0.25) is 19.6 Å². The van der Waals surface area contributed by atoms with Crippen molar-refractivity contribution in [2.75, 3.05) is 5.32 Å². The van der Waals surface area contributed by atoms with Gasteiger partial charge in [-0.1, -0.05) is 6.07 Å². The highest BCUT2D eigenvalue weighted by molar-refractivity contribution is 7.12. The van der Waals surface area contributed by atoms with Crippen molar-refractivity contribution in [2.45, 2.75) is 6.54 Å². The minimum atomic E-state index is -0.416. The molecule has 3 rings (SSSR count). The van der Waals surface area contributed by atoms with Crippen molar-refractivity contribution < 1.29 is 9.59 Å². The molecule has 0 spiro atoms. The largest absolute Gasteiger partial charge is 0.346 e. The number of hydrogen-bond acceptors (Lipinski definition) is 6. The van der Waals surface area contributed by atoms with E-state index in [1.807, 2.05) is 18.2 Å². The summed E-state index contributed by atoms with van der Waals surface area (Å²) in [5, 5.41) is 7.20. The van der Waals surface area contributed by atoms with Crippen molar-refractivity contribution in [3.63, 3.8) is 0 Å². The zero-order valence-corrected chi connectivity index (χ0v) is 13.3. The lowest BCUT2D eigenvalue weighted by Crippen LogP contribution is -2.24. The predicted molar refractivity (Wildman–Crippen MR) is 89.7 cm³/mol.